The van der Waals surface area contributed by atoms with Crippen molar-refractivity contribution in [1.29, 1.82) is 0 Å². The van der Waals surface area contributed by atoms with Gasteiger partial charge in [0.05, 0.1) is 18.5 Å². The Bertz CT molecular complexity index is 629. The normalized spacial score (nSPS) is 10.3. The summed E-state index contributed by atoms with van der Waals surface area (Å²) in [6.07, 6.45) is 1.36. The van der Waals surface area contributed by atoms with Crippen molar-refractivity contribution in [2.75, 3.05) is 0 Å². The van der Waals surface area contributed by atoms with Crippen LogP contribution in [0.5, 0.6) is 0 Å². The van der Waals surface area contributed by atoms with Crippen LogP contribution in [0.4, 0.5) is 0 Å². The van der Waals surface area contributed by atoms with Gasteiger partial charge in [-0.2, -0.15) is 5.10 Å². The fourth-order valence-corrected chi connectivity index (χ4v) is 1.55. The third-order valence-electron chi connectivity index (χ3n) is 2.40. The van der Waals surface area contributed by atoms with Crippen molar-refractivity contribution < 1.29 is 9.21 Å². The highest BCUT2D eigenvalue weighted by Gasteiger charge is 2.15. The molecule has 2 rings (SSSR count). The molecule has 7 nitrogen and oxygen atoms in total. The number of carbonyl (C=O) groups excluding carboxylic acids is 1. The number of nitrogens with one attached hydrogen (secondary N) is 1. The van der Waals surface area contributed by atoms with Crippen molar-refractivity contribution in [1.82, 2.24) is 15.2 Å². The minimum atomic E-state index is -0.546. The van der Waals surface area contributed by atoms with E-state index < -0.39 is 5.91 Å². The maximum absolute atomic E-state index is 11.6. The molecule has 0 saturated carbocycles. The summed E-state index contributed by atoms with van der Waals surface area (Å²) < 4.78 is 6.28. The zero-order valence-corrected chi connectivity index (χ0v) is 9.71. The zero-order valence-electron chi connectivity index (χ0n) is 9.71. The molecule has 0 aromatic carbocycles. The molecule has 2 aromatic rings. The Hall–Kier alpha value is -2.41. The number of hydrazine groups is 1. The third kappa shape index (κ3) is 2.30. The molecule has 0 saturated heterocycles. The van der Waals surface area contributed by atoms with Crippen molar-refractivity contribution in [2.24, 2.45) is 5.84 Å². The molecule has 18 heavy (non-hydrogen) atoms. The lowest BCUT2D eigenvalue weighted by Crippen LogP contribution is -2.31. The number of furan rings is 1. The molecule has 7 heteroatoms. The first kappa shape index (κ1) is 12.1. The van der Waals surface area contributed by atoms with Crippen molar-refractivity contribution in [2.45, 2.75) is 13.5 Å². The number of nitrogens with zero attached hydrogens (tertiary/aromatic N) is 2. The van der Waals surface area contributed by atoms with Gasteiger partial charge in [-0.05, 0) is 19.1 Å². The lowest BCUT2D eigenvalue weighted by Gasteiger charge is -2.04. The van der Waals surface area contributed by atoms with E-state index in [4.69, 9.17) is 10.3 Å². The molecule has 0 aliphatic heterocycles. The maximum atomic E-state index is 11.6. The minimum Gasteiger partial charge on any atom is -0.459 e. The Morgan fingerprint density at radius 3 is 3.00 bits per heavy atom. The molecule has 3 N–H and O–H groups in total. The van der Waals surface area contributed by atoms with Crippen LogP contribution in [0.25, 0.3) is 0 Å². The number of rotatable bonds is 3. The fraction of sp³-hybridized carbons (Fsp3) is 0.182. The Labute approximate surface area is 102 Å². The van der Waals surface area contributed by atoms with E-state index in [9.17, 15) is 9.59 Å². The van der Waals surface area contributed by atoms with Crippen LogP contribution < -0.4 is 16.8 Å². The van der Waals surface area contributed by atoms with Gasteiger partial charge in [0.15, 0.2) is 5.76 Å². The maximum Gasteiger partial charge on any atom is 0.301 e. The monoisotopic (exact) mass is 248 g/mol. The van der Waals surface area contributed by atoms with E-state index in [2.05, 4.69) is 5.10 Å². The first-order valence-electron chi connectivity index (χ1n) is 5.24. The molecule has 2 aromatic heterocycles. The average molecular weight is 248 g/mol. The number of nitrogens with two attached hydrogens (primary N) is 1. The summed E-state index contributed by atoms with van der Waals surface area (Å²) >= 11 is 0. The van der Waals surface area contributed by atoms with Crippen molar-refractivity contribution in [3.63, 3.8) is 0 Å². The van der Waals surface area contributed by atoms with Crippen molar-refractivity contribution in [3.05, 3.63) is 51.8 Å². The third-order valence-corrected chi connectivity index (χ3v) is 2.40. The van der Waals surface area contributed by atoms with Crippen LogP contribution in [0, 0.1) is 6.92 Å². The largest absolute Gasteiger partial charge is 0.459 e. The van der Waals surface area contributed by atoms with Gasteiger partial charge >= 0.3 is 5.91 Å². The molecular weight excluding hydrogens is 236 g/mol. The van der Waals surface area contributed by atoms with Gasteiger partial charge in [-0.1, -0.05) is 0 Å². The van der Waals surface area contributed by atoms with E-state index in [1.807, 2.05) is 5.43 Å². The molecule has 0 atom stereocenters. The SMILES string of the molecule is Cc1ccc(=O)n(Cc2ccoc2C(=O)NN)n1. The number of carbonyl (C=O) groups is 1. The van der Waals surface area contributed by atoms with Crippen LogP contribution in [0.1, 0.15) is 21.8 Å². The zero-order chi connectivity index (χ0) is 13.1. The van der Waals surface area contributed by atoms with E-state index in [1.54, 1.807) is 19.1 Å². The number of hydrogen-bond donors (Lipinski definition) is 2. The van der Waals surface area contributed by atoms with Gasteiger partial charge in [0.2, 0.25) is 0 Å². The standard InChI is InChI=1S/C11H12N4O3/c1-7-2-3-9(16)15(14-7)6-8-4-5-18-10(8)11(17)13-12/h2-5H,6,12H2,1H3,(H,13,17). The number of aromatic nitrogens is 2. The summed E-state index contributed by atoms with van der Waals surface area (Å²) in [5.41, 5.74) is 2.98. The van der Waals surface area contributed by atoms with Crippen LogP contribution >= 0.6 is 0 Å². The van der Waals surface area contributed by atoms with Crippen LogP contribution in [0.2, 0.25) is 0 Å². The highest BCUT2D eigenvalue weighted by Crippen LogP contribution is 2.10. The second kappa shape index (κ2) is 4.84. The number of hydrogen-bond acceptors (Lipinski definition) is 5. The summed E-state index contributed by atoms with van der Waals surface area (Å²) in [7, 11) is 0. The van der Waals surface area contributed by atoms with Crippen LogP contribution in [-0.2, 0) is 6.54 Å². The predicted molar refractivity (Wildman–Crippen MR) is 62.7 cm³/mol. The van der Waals surface area contributed by atoms with Gasteiger partial charge in [0.1, 0.15) is 0 Å². The molecule has 0 bridgehead atoms. The van der Waals surface area contributed by atoms with E-state index in [0.29, 0.717) is 11.3 Å². The molecule has 1 amide bonds. The lowest BCUT2D eigenvalue weighted by molar-refractivity contribution is 0.0924. The quantitative estimate of drug-likeness (QED) is 0.444. The first-order chi connectivity index (χ1) is 8.61. The summed E-state index contributed by atoms with van der Waals surface area (Å²) in [5.74, 6) is 4.57. The van der Waals surface area contributed by atoms with Gasteiger partial charge in [-0.15, -0.1) is 0 Å². The number of nitrogen functional groups attached to an aromatic ring is 1. The molecule has 94 valence electrons. The Morgan fingerprint density at radius 1 is 1.50 bits per heavy atom. The molecule has 2 heterocycles. The van der Waals surface area contributed by atoms with Crippen LogP contribution in [0.15, 0.2) is 33.7 Å². The van der Waals surface area contributed by atoms with E-state index in [1.165, 1.54) is 17.0 Å². The summed E-state index contributed by atoms with van der Waals surface area (Å²) in [6, 6.07) is 4.65. The fourth-order valence-electron chi connectivity index (χ4n) is 1.55. The minimum absolute atomic E-state index is 0.0766. The molecule has 0 fully saturated rings. The molecule has 0 radical (unpaired) electrons. The Balaban J connectivity index is 2.35. The van der Waals surface area contributed by atoms with Crippen molar-refractivity contribution >= 4 is 5.91 Å². The number of aryl methyl sites for hydroxylation is 1. The van der Waals surface area contributed by atoms with Gasteiger partial charge in [0, 0.05) is 11.6 Å². The Morgan fingerprint density at radius 2 is 2.28 bits per heavy atom. The summed E-state index contributed by atoms with van der Waals surface area (Å²) in [6.45, 7) is 1.93. The topological polar surface area (TPSA) is 103 Å². The van der Waals surface area contributed by atoms with Crippen LogP contribution in [0.3, 0.4) is 0 Å². The number of amides is 1. The lowest BCUT2D eigenvalue weighted by atomic mass is 10.2. The van der Waals surface area contributed by atoms with Crippen LogP contribution in [-0.4, -0.2) is 15.7 Å². The van der Waals surface area contributed by atoms with Gasteiger partial charge < -0.3 is 4.42 Å². The molecule has 0 aliphatic carbocycles. The predicted octanol–water partition coefficient (Wildman–Crippen LogP) is -0.203. The molecule has 0 aliphatic rings. The average Bonchev–Trinajstić information content (AvgIpc) is 2.81. The molecular formula is C11H12N4O3. The highest BCUT2D eigenvalue weighted by molar-refractivity contribution is 5.92. The Kier molecular flexibility index (Phi) is 3.24. The van der Waals surface area contributed by atoms with Gasteiger partial charge in [-0.3, -0.25) is 15.0 Å². The van der Waals surface area contributed by atoms with Gasteiger partial charge in [-0.25, -0.2) is 10.5 Å². The van der Waals surface area contributed by atoms with Crippen molar-refractivity contribution in [3.8, 4) is 0 Å². The summed E-state index contributed by atoms with van der Waals surface area (Å²) in [4.78, 5) is 23.0. The highest BCUT2D eigenvalue weighted by atomic mass is 16.3. The van der Waals surface area contributed by atoms with E-state index in [-0.39, 0.29) is 17.9 Å². The second-order valence-electron chi connectivity index (χ2n) is 3.72. The van der Waals surface area contributed by atoms with E-state index >= 15 is 0 Å². The molecule has 0 spiro atoms. The first-order valence-corrected chi connectivity index (χ1v) is 5.24. The van der Waals surface area contributed by atoms with Gasteiger partial charge in [0.25, 0.3) is 5.56 Å². The second-order valence-corrected chi connectivity index (χ2v) is 3.72. The molecule has 0 unspecified atom stereocenters. The smallest absolute Gasteiger partial charge is 0.301 e. The van der Waals surface area contributed by atoms with E-state index in [0.717, 1.165) is 0 Å². The summed E-state index contributed by atoms with van der Waals surface area (Å²) in [5, 5.41) is 4.07.